The molecule has 0 radical (unpaired) electrons. The van der Waals surface area contributed by atoms with Crippen molar-refractivity contribution in [1.29, 1.82) is 0 Å². The van der Waals surface area contributed by atoms with E-state index in [1.165, 1.54) is 7.11 Å². The van der Waals surface area contributed by atoms with Crippen molar-refractivity contribution in [3.63, 3.8) is 0 Å². The minimum atomic E-state index is -0.358. The van der Waals surface area contributed by atoms with Crippen molar-refractivity contribution >= 4 is 11.8 Å². The van der Waals surface area contributed by atoms with Crippen LogP contribution in [-0.4, -0.2) is 36.7 Å². The number of hydrogen-bond acceptors (Lipinski definition) is 5. The maximum absolute atomic E-state index is 11.7. The number of aromatic nitrogens is 1. The van der Waals surface area contributed by atoms with Gasteiger partial charge >= 0.3 is 5.97 Å². The van der Waals surface area contributed by atoms with Crippen LogP contribution in [-0.2, 0) is 4.74 Å². The number of carbonyl (C=O) groups excluding carboxylic acids is 1. The molecule has 5 heteroatoms. The van der Waals surface area contributed by atoms with Gasteiger partial charge in [-0.3, -0.25) is 0 Å². The first-order valence-electron chi connectivity index (χ1n) is 6.17. The molecule has 98 valence electrons. The molecule has 0 atom stereocenters. The fourth-order valence-electron chi connectivity index (χ4n) is 2.17. The number of esters is 1. The Morgan fingerprint density at radius 3 is 2.89 bits per heavy atom. The maximum atomic E-state index is 11.7. The second-order valence-electron chi connectivity index (χ2n) is 4.83. The van der Waals surface area contributed by atoms with Crippen LogP contribution >= 0.6 is 0 Å². The highest BCUT2D eigenvalue weighted by atomic mass is 16.5. The number of methoxy groups -OCH3 is 1. The fraction of sp³-hybridized carbons (Fsp3) is 0.538. The highest BCUT2D eigenvalue weighted by molar-refractivity contribution is 5.94. The van der Waals surface area contributed by atoms with Gasteiger partial charge in [0.2, 0.25) is 0 Å². The van der Waals surface area contributed by atoms with Crippen molar-refractivity contribution < 1.29 is 9.53 Å². The second kappa shape index (κ2) is 5.35. The lowest BCUT2D eigenvalue weighted by Crippen LogP contribution is -2.45. The van der Waals surface area contributed by atoms with E-state index in [0.717, 1.165) is 25.9 Å². The largest absolute Gasteiger partial charge is 0.465 e. The number of nitrogens with one attached hydrogen (secondary N) is 2. The van der Waals surface area contributed by atoms with Gasteiger partial charge in [0.05, 0.1) is 7.11 Å². The van der Waals surface area contributed by atoms with Crippen LogP contribution in [0.2, 0.25) is 0 Å². The fourth-order valence-corrected chi connectivity index (χ4v) is 2.17. The first kappa shape index (κ1) is 12.8. The van der Waals surface area contributed by atoms with Crippen molar-refractivity contribution in [2.24, 2.45) is 0 Å². The van der Waals surface area contributed by atoms with E-state index in [1.54, 1.807) is 18.3 Å². The Balaban J connectivity index is 2.20. The summed E-state index contributed by atoms with van der Waals surface area (Å²) in [7, 11) is 1.38. The number of hydrogen-bond donors (Lipinski definition) is 2. The number of ether oxygens (including phenoxy) is 1. The molecule has 2 N–H and O–H groups in total. The molecule has 1 aromatic rings. The molecular formula is C13H19N3O2. The van der Waals surface area contributed by atoms with Gasteiger partial charge in [-0.1, -0.05) is 0 Å². The lowest BCUT2D eigenvalue weighted by molar-refractivity contribution is 0.0601. The molecule has 0 saturated carbocycles. The quantitative estimate of drug-likeness (QED) is 0.793. The van der Waals surface area contributed by atoms with E-state index in [9.17, 15) is 4.79 Å². The van der Waals surface area contributed by atoms with Crippen molar-refractivity contribution in [3.8, 4) is 0 Å². The smallest absolute Gasteiger partial charge is 0.341 e. The van der Waals surface area contributed by atoms with Crippen molar-refractivity contribution in [2.45, 2.75) is 25.3 Å². The molecule has 5 nitrogen and oxygen atoms in total. The van der Waals surface area contributed by atoms with Crippen LogP contribution in [0.1, 0.15) is 30.1 Å². The summed E-state index contributed by atoms with van der Waals surface area (Å²) >= 11 is 0. The number of nitrogens with zero attached hydrogens (tertiary/aromatic N) is 1. The highest BCUT2D eigenvalue weighted by Crippen LogP contribution is 2.24. The van der Waals surface area contributed by atoms with Gasteiger partial charge in [-0.25, -0.2) is 9.78 Å². The second-order valence-corrected chi connectivity index (χ2v) is 4.83. The summed E-state index contributed by atoms with van der Waals surface area (Å²) in [5.74, 6) is 0.247. The predicted molar refractivity (Wildman–Crippen MR) is 69.7 cm³/mol. The first-order valence-corrected chi connectivity index (χ1v) is 6.17. The highest BCUT2D eigenvalue weighted by Gasteiger charge is 2.28. The molecule has 18 heavy (non-hydrogen) atoms. The molecule has 0 unspecified atom stereocenters. The lowest BCUT2D eigenvalue weighted by atomic mass is 9.90. The normalized spacial score (nSPS) is 18.1. The Kier molecular flexibility index (Phi) is 3.81. The van der Waals surface area contributed by atoms with Gasteiger partial charge < -0.3 is 15.4 Å². The minimum Gasteiger partial charge on any atom is -0.465 e. The third-order valence-electron chi connectivity index (χ3n) is 3.34. The van der Waals surface area contributed by atoms with Crippen LogP contribution in [0.3, 0.4) is 0 Å². The maximum Gasteiger partial charge on any atom is 0.341 e. The van der Waals surface area contributed by atoms with Crippen molar-refractivity contribution in [1.82, 2.24) is 10.3 Å². The number of piperidine rings is 1. The summed E-state index contributed by atoms with van der Waals surface area (Å²) in [4.78, 5) is 15.9. The molecule has 0 amide bonds. The zero-order valence-electron chi connectivity index (χ0n) is 10.8. The van der Waals surface area contributed by atoms with E-state index in [1.807, 2.05) is 0 Å². The SMILES string of the molecule is COC(=O)c1cccnc1NC1(C)CCNCC1. The van der Waals surface area contributed by atoms with E-state index >= 15 is 0 Å². The summed E-state index contributed by atoms with van der Waals surface area (Å²) < 4.78 is 4.77. The van der Waals surface area contributed by atoms with Gasteiger partial charge in [0.1, 0.15) is 11.4 Å². The van der Waals surface area contributed by atoms with Crippen LogP contribution in [0.15, 0.2) is 18.3 Å². The van der Waals surface area contributed by atoms with Crippen LogP contribution in [0, 0.1) is 0 Å². The van der Waals surface area contributed by atoms with Gasteiger partial charge in [0.15, 0.2) is 0 Å². The lowest BCUT2D eigenvalue weighted by Gasteiger charge is -2.35. The van der Waals surface area contributed by atoms with E-state index in [4.69, 9.17) is 4.74 Å². The minimum absolute atomic E-state index is 0.0254. The van der Waals surface area contributed by atoms with Crippen LogP contribution in [0.5, 0.6) is 0 Å². The summed E-state index contributed by atoms with van der Waals surface area (Å²) in [6.07, 6.45) is 3.69. The Morgan fingerprint density at radius 1 is 1.50 bits per heavy atom. The van der Waals surface area contributed by atoms with Gasteiger partial charge in [-0.2, -0.15) is 0 Å². The van der Waals surface area contributed by atoms with E-state index in [2.05, 4.69) is 22.5 Å². The third-order valence-corrected chi connectivity index (χ3v) is 3.34. The first-order chi connectivity index (χ1) is 8.64. The molecule has 2 heterocycles. The average molecular weight is 249 g/mol. The van der Waals surface area contributed by atoms with E-state index < -0.39 is 0 Å². The Bertz CT molecular complexity index is 428. The third kappa shape index (κ3) is 2.79. The number of rotatable bonds is 3. The van der Waals surface area contributed by atoms with E-state index in [-0.39, 0.29) is 11.5 Å². The molecule has 1 aliphatic rings. The summed E-state index contributed by atoms with van der Waals surface area (Å²) in [5, 5.41) is 6.71. The Hall–Kier alpha value is -1.62. The van der Waals surface area contributed by atoms with Gasteiger partial charge in [-0.15, -0.1) is 0 Å². The van der Waals surface area contributed by atoms with Gasteiger partial charge in [-0.05, 0) is 45.0 Å². The zero-order chi connectivity index (χ0) is 13.0. The summed E-state index contributed by atoms with van der Waals surface area (Å²) in [6, 6.07) is 3.47. The topological polar surface area (TPSA) is 63.2 Å². The summed E-state index contributed by atoms with van der Waals surface area (Å²) in [5.41, 5.74) is 0.460. The molecular weight excluding hydrogens is 230 g/mol. The van der Waals surface area contributed by atoms with Crippen molar-refractivity contribution in [3.05, 3.63) is 23.9 Å². The number of pyridine rings is 1. The Morgan fingerprint density at radius 2 is 2.22 bits per heavy atom. The molecule has 1 saturated heterocycles. The van der Waals surface area contributed by atoms with E-state index in [0.29, 0.717) is 11.4 Å². The molecule has 0 spiro atoms. The number of carbonyl (C=O) groups is 1. The molecule has 1 aromatic heterocycles. The average Bonchev–Trinajstić information content (AvgIpc) is 2.39. The molecule has 1 fully saturated rings. The molecule has 0 aliphatic carbocycles. The van der Waals surface area contributed by atoms with Crippen LogP contribution in [0.25, 0.3) is 0 Å². The zero-order valence-corrected chi connectivity index (χ0v) is 10.8. The van der Waals surface area contributed by atoms with Crippen LogP contribution in [0.4, 0.5) is 5.82 Å². The molecule has 1 aliphatic heterocycles. The standard InChI is InChI=1S/C13H19N3O2/c1-13(5-8-14-9-6-13)16-11-10(12(17)18-2)4-3-7-15-11/h3-4,7,14H,5-6,8-9H2,1-2H3,(H,15,16). The van der Waals surface area contributed by atoms with Gasteiger partial charge in [0, 0.05) is 11.7 Å². The van der Waals surface area contributed by atoms with Crippen LogP contribution < -0.4 is 10.6 Å². The number of anilines is 1. The summed E-state index contributed by atoms with van der Waals surface area (Å²) in [6.45, 7) is 4.11. The van der Waals surface area contributed by atoms with Gasteiger partial charge in [0.25, 0.3) is 0 Å². The molecule has 2 rings (SSSR count). The Labute approximate surface area is 107 Å². The monoisotopic (exact) mass is 249 g/mol. The molecule has 0 aromatic carbocycles. The predicted octanol–water partition coefficient (Wildman–Crippen LogP) is 1.42. The molecule has 0 bridgehead atoms. The van der Waals surface area contributed by atoms with Crippen molar-refractivity contribution in [2.75, 3.05) is 25.5 Å².